The quantitative estimate of drug-likeness (QED) is 0.427. The lowest BCUT2D eigenvalue weighted by Gasteiger charge is -2.34. The zero-order valence-corrected chi connectivity index (χ0v) is 21.8. The lowest BCUT2D eigenvalue weighted by atomic mass is 10.00. The van der Waals surface area contributed by atoms with Gasteiger partial charge in [-0.15, -0.1) is 0 Å². The molecule has 37 heavy (non-hydrogen) atoms. The molecule has 3 aromatic rings. The molecule has 1 aromatic carbocycles. The van der Waals surface area contributed by atoms with Crippen molar-refractivity contribution < 1.29 is 23.6 Å². The van der Waals surface area contributed by atoms with Gasteiger partial charge in [0, 0.05) is 43.4 Å². The highest BCUT2D eigenvalue weighted by Gasteiger charge is 2.33. The first-order valence-corrected chi connectivity index (χ1v) is 11.9. The molecule has 3 rings (SSSR count). The van der Waals surface area contributed by atoms with Crippen molar-refractivity contribution in [2.75, 3.05) is 12.4 Å². The number of anilines is 1. The van der Waals surface area contributed by atoms with Crippen LogP contribution in [0.4, 0.5) is 5.82 Å². The Morgan fingerprint density at radius 1 is 1.11 bits per heavy atom. The average molecular weight is 508 g/mol. The third kappa shape index (κ3) is 8.16. The normalized spacial score (nSPS) is 11.9. The number of carbonyl (C=O) groups is 3. The molecule has 0 saturated carbocycles. The Morgan fingerprint density at radius 3 is 2.41 bits per heavy atom. The number of nitrogens with zero attached hydrogens (tertiary/aromatic N) is 3. The van der Waals surface area contributed by atoms with Crippen molar-refractivity contribution >= 4 is 23.5 Å². The van der Waals surface area contributed by atoms with Gasteiger partial charge in [0.15, 0.2) is 5.82 Å². The van der Waals surface area contributed by atoms with E-state index >= 15 is 0 Å². The van der Waals surface area contributed by atoms with E-state index in [0.29, 0.717) is 17.1 Å². The maximum Gasteiger partial charge on any atom is 0.247 e. The minimum Gasteiger partial charge on any atom is -0.497 e. The van der Waals surface area contributed by atoms with Crippen molar-refractivity contribution in [1.82, 2.24) is 20.4 Å². The van der Waals surface area contributed by atoms with Crippen LogP contribution in [0, 0.1) is 6.92 Å². The molecule has 0 radical (unpaired) electrons. The Kier molecular flexibility index (Phi) is 9.00. The molecule has 2 aromatic heterocycles. The highest BCUT2D eigenvalue weighted by molar-refractivity contribution is 5.94. The molecule has 0 aliphatic rings. The summed E-state index contributed by atoms with van der Waals surface area (Å²) in [5.74, 6) is 0.383. The molecule has 0 aliphatic heterocycles. The van der Waals surface area contributed by atoms with Crippen LogP contribution in [0.3, 0.4) is 0 Å². The first-order valence-electron chi connectivity index (χ1n) is 11.9. The summed E-state index contributed by atoms with van der Waals surface area (Å²) in [7, 11) is 1.56. The lowest BCUT2D eigenvalue weighted by Crippen LogP contribution is -2.49. The molecule has 0 saturated heterocycles. The van der Waals surface area contributed by atoms with Crippen LogP contribution >= 0.6 is 0 Å². The summed E-state index contributed by atoms with van der Waals surface area (Å²) < 4.78 is 10.2. The molecule has 10 heteroatoms. The molecular formula is C27H33N5O5. The highest BCUT2D eigenvalue weighted by atomic mass is 16.5. The number of nitrogens with one attached hydrogen (secondary N) is 2. The third-order valence-corrected chi connectivity index (χ3v) is 5.35. The second-order valence-corrected chi connectivity index (χ2v) is 9.67. The molecule has 3 amide bonds. The molecular weight excluding hydrogens is 474 g/mol. The van der Waals surface area contributed by atoms with E-state index in [1.54, 1.807) is 62.8 Å². The summed E-state index contributed by atoms with van der Waals surface area (Å²) >= 11 is 0. The van der Waals surface area contributed by atoms with Gasteiger partial charge in [-0.25, -0.2) is 0 Å². The van der Waals surface area contributed by atoms with Crippen LogP contribution in [0.2, 0.25) is 0 Å². The number of hydrogen-bond donors (Lipinski definition) is 2. The largest absolute Gasteiger partial charge is 0.497 e. The van der Waals surface area contributed by atoms with E-state index in [1.165, 1.54) is 4.90 Å². The SMILES string of the molecule is COc1ccc([C@H](C(=O)NC(C)(C)C)N(Cc2cccnc2)C(=O)CCC(=O)Nc2cc(C)on2)cc1. The molecule has 0 aliphatic carbocycles. The van der Waals surface area contributed by atoms with Crippen LogP contribution in [-0.4, -0.2) is 45.4 Å². The van der Waals surface area contributed by atoms with Gasteiger partial charge in [-0.2, -0.15) is 0 Å². The second-order valence-electron chi connectivity index (χ2n) is 9.67. The summed E-state index contributed by atoms with van der Waals surface area (Å²) in [5.41, 5.74) is 0.836. The van der Waals surface area contributed by atoms with E-state index in [9.17, 15) is 14.4 Å². The number of carbonyl (C=O) groups excluding carboxylic acids is 3. The number of ether oxygens (including phenoxy) is 1. The van der Waals surface area contributed by atoms with Crippen molar-refractivity contribution in [2.24, 2.45) is 0 Å². The molecule has 196 valence electrons. The number of methoxy groups -OCH3 is 1. The zero-order chi connectivity index (χ0) is 27.0. The Morgan fingerprint density at radius 2 is 1.84 bits per heavy atom. The van der Waals surface area contributed by atoms with Crippen molar-refractivity contribution in [2.45, 2.75) is 58.7 Å². The predicted molar refractivity (Wildman–Crippen MR) is 138 cm³/mol. The van der Waals surface area contributed by atoms with E-state index in [-0.39, 0.29) is 42.9 Å². The standard InChI is InChI=1S/C27H33N5O5/c1-18-15-22(31-37-18)29-23(33)12-13-24(34)32(17-19-7-6-14-28-16-19)25(26(35)30-27(2,3)4)20-8-10-21(36-5)11-9-20/h6-11,14-16,25H,12-13,17H2,1-5H3,(H,30,35)(H,29,31,33)/t25-/m1/s1. The van der Waals surface area contributed by atoms with Crippen molar-refractivity contribution in [3.63, 3.8) is 0 Å². The molecule has 0 unspecified atom stereocenters. The molecule has 1 atom stereocenters. The Hall–Kier alpha value is -4.21. The number of hydrogen-bond acceptors (Lipinski definition) is 7. The van der Waals surface area contributed by atoms with Gasteiger partial charge in [0.1, 0.15) is 17.6 Å². The Labute approximate surface area is 216 Å². The summed E-state index contributed by atoms with van der Waals surface area (Å²) in [6, 6.07) is 11.2. The minimum absolute atomic E-state index is 0.0928. The average Bonchev–Trinajstić information content (AvgIpc) is 3.26. The van der Waals surface area contributed by atoms with E-state index < -0.39 is 11.6 Å². The minimum atomic E-state index is -0.945. The summed E-state index contributed by atoms with van der Waals surface area (Å²) in [6.07, 6.45) is 3.08. The van der Waals surface area contributed by atoms with Gasteiger partial charge in [-0.05, 0) is 57.0 Å². The van der Waals surface area contributed by atoms with E-state index in [4.69, 9.17) is 9.26 Å². The number of benzene rings is 1. The van der Waals surface area contributed by atoms with Crippen LogP contribution in [0.5, 0.6) is 5.75 Å². The Balaban J connectivity index is 1.89. The van der Waals surface area contributed by atoms with E-state index in [1.807, 2.05) is 26.8 Å². The van der Waals surface area contributed by atoms with E-state index in [0.717, 1.165) is 5.56 Å². The maximum atomic E-state index is 13.6. The van der Waals surface area contributed by atoms with Gasteiger partial charge in [-0.1, -0.05) is 23.4 Å². The third-order valence-electron chi connectivity index (χ3n) is 5.35. The van der Waals surface area contributed by atoms with Crippen molar-refractivity contribution in [3.8, 4) is 5.75 Å². The van der Waals surface area contributed by atoms with Gasteiger partial charge in [0.25, 0.3) is 0 Å². The van der Waals surface area contributed by atoms with Gasteiger partial charge >= 0.3 is 0 Å². The molecule has 2 N–H and O–H groups in total. The fraction of sp³-hybridized carbons (Fsp3) is 0.370. The predicted octanol–water partition coefficient (Wildman–Crippen LogP) is 3.79. The first-order chi connectivity index (χ1) is 17.6. The molecule has 0 bridgehead atoms. The van der Waals surface area contributed by atoms with Crippen LogP contribution in [0.1, 0.15) is 56.5 Å². The second kappa shape index (κ2) is 12.2. The van der Waals surface area contributed by atoms with Gasteiger partial charge < -0.3 is 24.8 Å². The number of rotatable bonds is 10. The van der Waals surface area contributed by atoms with Crippen molar-refractivity contribution in [3.05, 3.63) is 71.7 Å². The van der Waals surface area contributed by atoms with Crippen LogP contribution < -0.4 is 15.4 Å². The molecule has 0 spiro atoms. The van der Waals surface area contributed by atoms with Crippen LogP contribution in [0.25, 0.3) is 0 Å². The monoisotopic (exact) mass is 507 g/mol. The number of pyridine rings is 1. The van der Waals surface area contributed by atoms with Gasteiger partial charge in [-0.3, -0.25) is 19.4 Å². The van der Waals surface area contributed by atoms with Crippen LogP contribution in [-0.2, 0) is 20.9 Å². The highest BCUT2D eigenvalue weighted by Crippen LogP contribution is 2.27. The smallest absolute Gasteiger partial charge is 0.247 e. The van der Waals surface area contributed by atoms with Crippen LogP contribution in [0.15, 0.2) is 59.4 Å². The fourth-order valence-electron chi connectivity index (χ4n) is 3.70. The summed E-state index contributed by atoms with van der Waals surface area (Å²) in [6.45, 7) is 7.47. The summed E-state index contributed by atoms with van der Waals surface area (Å²) in [4.78, 5) is 45.3. The number of aryl methyl sites for hydroxylation is 1. The summed E-state index contributed by atoms with van der Waals surface area (Å²) in [5, 5.41) is 9.35. The van der Waals surface area contributed by atoms with Gasteiger partial charge in [0.2, 0.25) is 17.7 Å². The van der Waals surface area contributed by atoms with E-state index in [2.05, 4.69) is 20.8 Å². The molecule has 0 fully saturated rings. The molecule has 10 nitrogen and oxygen atoms in total. The lowest BCUT2D eigenvalue weighted by molar-refractivity contribution is -0.142. The maximum absolute atomic E-state index is 13.6. The first kappa shape index (κ1) is 27.4. The van der Waals surface area contributed by atoms with Crippen molar-refractivity contribution in [1.29, 1.82) is 0 Å². The fourth-order valence-corrected chi connectivity index (χ4v) is 3.70. The number of aromatic nitrogens is 2. The topological polar surface area (TPSA) is 127 Å². The molecule has 2 heterocycles. The zero-order valence-electron chi connectivity index (χ0n) is 21.8. The number of amides is 3. The van der Waals surface area contributed by atoms with Gasteiger partial charge in [0.05, 0.1) is 7.11 Å². The Bertz CT molecular complexity index is 1200.